The smallest absolute Gasteiger partial charge is 0.337 e. The third-order valence-electron chi connectivity index (χ3n) is 3.04. The number of carbonyl (C=O) groups excluding carboxylic acids is 2. The van der Waals surface area contributed by atoms with Gasteiger partial charge < -0.3 is 5.32 Å². The molecule has 0 radical (unpaired) electrons. The average molecular weight is 371 g/mol. The molecule has 0 aliphatic carbocycles. The van der Waals surface area contributed by atoms with Crippen molar-refractivity contribution in [2.45, 2.75) is 26.1 Å². The van der Waals surface area contributed by atoms with Gasteiger partial charge in [0.05, 0.1) is 5.56 Å². The lowest BCUT2D eigenvalue weighted by Crippen LogP contribution is -2.48. The molecule has 0 aliphatic heterocycles. The van der Waals surface area contributed by atoms with Crippen LogP contribution in [0.4, 0.5) is 18.0 Å². The Morgan fingerprint density at radius 1 is 1.23 bits per heavy atom. The van der Waals surface area contributed by atoms with Crippen LogP contribution in [0.25, 0.3) is 11.4 Å². The van der Waals surface area contributed by atoms with Crippen molar-refractivity contribution in [3.8, 4) is 11.4 Å². The number of benzene rings is 1. The second-order valence-corrected chi connectivity index (χ2v) is 5.15. The Bertz CT molecular complexity index is 776. The summed E-state index contributed by atoms with van der Waals surface area (Å²) in [5, 5.41) is 13.6. The highest BCUT2D eigenvalue weighted by Gasteiger charge is 2.30. The molecule has 0 unspecified atom stereocenters. The van der Waals surface area contributed by atoms with E-state index in [1.54, 1.807) is 0 Å². The molecule has 0 fully saturated rings. The fourth-order valence-electron chi connectivity index (χ4n) is 1.84. The Morgan fingerprint density at radius 2 is 2.00 bits per heavy atom. The van der Waals surface area contributed by atoms with Crippen LogP contribution in [0, 0.1) is 0 Å². The van der Waals surface area contributed by atoms with Crippen molar-refractivity contribution < 1.29 is 22.8 Å². The van der Waals surface area contributed by atoms with Crippen LogP contribution in [0.5, 0.6) is 0 Å². The highest BCUT2D eigenvalue weighted by molar-refractivity contribution is 5.80. The van der Waals surface area contributed by atoms with Gasteiger partial charge in [0.1, 0.15) is 6.54 Å². The maximum Gasteiger partial charge on any atom is 0.416 e. The van der Waals surface area contributed by atoms with E-state index in [2.05, 4.69) is 31.6 Å². The first-order valence-corrected chi connectivity index (χ1v) is 7.57. The van der Waals surface area contributed by atoms with Crippen LogP contribution in [0.3, 0.4) is 0 Å². The van der Waals surface area contributed by atoms with Crippen molar-refractivity contribution in [3.63, 3.8) is 0 Å². The number of hydrogen-bond donors (Lipinski definition) is 3. The first-order valence-electron chi connectivity index (χ1n) is 7.57. The summed E-state index contributed by atoms with van der Waals surface area (Å²) < 4.78 is 38.2. The molecule has 3 amide bonds. The zero-order valence-corrected chi connectivity index (χ0v) is 13.7. The molecule has 9 nitrogen and oxygen atoms in total. The van der Waals surface area contributed by atoms with Gasteiger partial charge in [-0.1, -0.05) is 19.1 Å². The predicted octanol–water partition coefficient (Wildman–Crippen LogP) is 1.10. The van der Waals surface area contributed by atoms with Crippen molar-refractivity contribution in [1.29, 1.82) is 0 Å². The van der Waals surface area contributed by atoms with Crippen molar-refractivity contribution >= 4 is 11.9 Å². The molecule has 12 heteroatoms. The van der Waals surface area contributed by atoms with E-state index in [9.17, 15) is 22.8 Å². The SMILES string of the molecule is CCCNC(=O)NNC(=O)Cn1nnc(-c2cccc(C(F)(F)F)c2)n1. The third-order valence-corrected chi connectivity index (χ3v) is 3.04. The standard InChI is InChI=1S/C14H16F3N7O2/c1-2-6-18-13(26)21-19-11(25)8-24-22-12(20-23-24)9-4-3-5-10(7-9)14(15,16)17/h3-5,7H,2,6,8H2,1H3,(H,19,25)(H2,18,21,26). The van der Waals surface area contributed by atoms with E-state index >= 15 is 0 Å². The normalized spacial score (nSPS) is 11.1. The van der Waals surface area contributed by atoms with Gasteiger partial charge in [0.15, 0.2) is 0 Å². The molecule has 2 rings (SSSR count). The number of rotatable bonds is 5. The number of nitrogens with one attached hydrogen (secondary N) is 3. The Hall–Kier alpha value is -3.18. The molecule has 0 saturated heterocycles. The largest absolute Gasteiger partial charge is 0.416 e. The van der Waals surface area contributed by atoms with Crippen molar-refractivity contribution in [2.24, 2.45) is 0 Å². The van der Waals surface area contributed by atoms with E-state index in [0.29, 0.717) is 6.54 Å². The van der Waals surface area contributed by atoms with Crippen LogP contribution in [-0.4, -0.2) is 38.7 Å². The third kappa shape index (κ3) is 5.43. The number of halogens is 3. The molecule has 1 aromatic carbocycles. The van der Waals surface area contributed by atoms with E-state index in [1.807, 2.05) is 6.92 Å². The summed E-state index contributed by atoms with van der Waals surface area (Å²) in [6.07, 6.45) is -3.75. The number of carbonyl (C=O) groups is 2. The second kappa shape index (κ2) is 8.27. The first-order chi connectivity index (χ1) is 12.3. The number of aromatic nitrogens is 4. The van der Waals surface area contributed by atoms with Gasteiger partial charge >= 0.3 is 12.2 Å². The lowest BCUT2D eigenvalue weighted by molar-refractivity contribution is -0.137. The van der Waals surface area contributed by atoms with Gasteiger partial charge in [0, 0.05) is 12.1 Å². The summed E-state index contributed by atoms with van der Waals surface area (Å²) in [5.41, 5.74) is 3.55. The van der Waals surface area contributed by atoms with Crippen LogP contribution in [0.15, 0.2) is 24.3 Å². The van der Waals surface area contributed by atoms with Crippen LogP contribution in [-0.2, 0) is 17.5 Å². The topological polar surface area (TPSA) is 114 Å². The maximum atomic E-state index is 12.7. The molecular weight excluding hydrogens is 355 g/mol. The molecule has 2 aromatic rings. The van der Waals surface area contributed by atoms with Gasteiger partial charge in [-0.3, -0.25) is 10.2 Å². The highest BCUT2D eigenvalue weighted by Crippen LogP contribution is 2.31. The molecule has 26 heavy (non-hydrogen) atoms. The predicted molar refractivity (Wildman–Crippen MR) is 83.2 cm³/mol. The fraction of sp³-hybridized carbons (Fsp3) is 0.357. The molecule has 0 saturated carbocycles. The monoisotopic (exact) mass is 371 g/mol. The lowest BCUT2D eigenvalue weighted by atomic mass is 10.1. The van der Waals surface area contributed by atoms with Gasteiger partial charge in [-0.15, -0.1) is 10.2 Å². The minimum Gasteiger partial charge on any atom is -0.337 e. The maximum absolute atomic E-state index is 12.7. The highest BCUT2D eigenvalue weighted by atomic mass is 19.4. The average Bonchev–Trinajstić information content (AvgIpc) is 3.06. The molecule has 0 bridgehead atoms. The molecule has 1 aromatic heterocycles. The summed E-state index contributed by atoms with van der Waals surface area (Å²) >= 11 is 0. The second-order valence-electron chi connectivity index (χ2n) is 5.15. The summed E-state index contributed by atoms with van der Waals surface area (Å²) in [7, 11) is 0. The van der Waals surface area contributed by atoms with E-state index in [1.165, 1.54) is 12.1 Å². The number of hydrogen-bond acceptors (Lipinski definition) is 5. The Morgan fingerprint density at radius 3 is 2.69 bits per heavy atom. The Labute approximate surface area is 145 Å². The molecule has 0 atom stereocenters. The quantitative estimate of drug-likeness (QED) is 0.681. The molecule has 0 aliphatic rings. The van der Waals surface area contributed by atoms with E-state index < -0.39 is 23.7 Å². The van der Waals surface area contributed by atoms with Crippen molar-refractivity contribution in [2.75, 3.05) is 6.54 Å². The zero-order valence-electron chi connectivity index (χ0n) is 13.7. The number of hydrazine groups is 1. The molecule has 1 heterocycles. The van der Waals surface area contributed by atoms with Crippen molar-refractivity contribution in [3.05, 3.63) is 29.8 Å². The van der Waals surface area contributed by atoms with Crippen LogP contribution in [0.1, 0.15) is 18.9 Å². The van der Waals surface area contributed by atoms with Gasteiger partial charge in [-0.05, 0) is 23.8 Å². The summed E-state index contributed by atoms with van der Waals surface area (Å²) in [6.45, 7) is 1.95. The summed E-state index contributed by atoms with van der Waals surface area (Å²) in [5.74, 6) is -0.692. The number of urea groups is 1. The van der Waals surface area contributed by atoms with Crippen LogP contribution >= 0.6 is 0 Å². The van der Waals surface area contributed by atoms with Crippen LogP contribution < -0.4 is 16.2 Å². The molecule has 0 spiro atoms. The number of tetrazole rings is 1. The number of amides is 3. The van der Waals surface area contributed by atoms with Crippen molar-refractivity contribution in [1.82, 2.24) is 36.4 Å². The summed E-state index contributed by atoms with van der Waals surface area (Å²) in [6, 6.07) is 3.87. The minimum absolute atomic E-state index is 0.0578. The summed E-state index contributed by atoms with van der Waals surface area (Å²) in [4.78, 5) is 23.9. The van der Waals surface area contributed by atoms with Crippen LogP contribution in [0.2, 0.25) is 0 Å². The Kier molecular flexibility index (Phi) is 6.09. The van der Waals surface area contributed by atoms with E-state index in [-0.39, 0.29) is 17.9 Å². The minimum atomic E-state index is -4.49. The van der Waals surface area contributed by atoms with E-state index in [4.69, 9.17) is 0 Å². The van der Waals surface area contributed by atoms with Gasteiger partial charge in [0.2, 0.25) is 5.82 Å². The zero-order chi connectivity index (χ0) is 19.2. The molecule has 140 valence electrons. The molecule has 3 N–H and O–H groups in total. The lowest BCUT2D eigenvalue weighted by Gasteiger charge is -2.07. The Balaban J connectivity index is 1.95. The number of nitrogens with zero attached hydrogens (tertiary/aromatic N) is 4. The first kappa shape index (κ1) is 19.1. The van der Waals surface area contributed by atoms with Gasteiger partial charge in [-0.2, -0.15) is 18.0 Å². The molecular formula is C14H16F3N7O2. The van der Waals surface area contributed by atoms with Gasteiger partial charge in [0.25, 0.3) is 5.91 Å². The fourth-order valence-corrected chi connectivity index (χ4v) is 1.84. The number of alkyl halides is 3. The van der Waals surface area contributed by atoms with E-state index in [0.717, 1.165) is 23.4 Å². The van der Waals surface area contributed by atoms with Gasteiger partial charge in [-0.25, -0.2) is 10.2 Å².